The van der Waals surface area contributed by atoms with Gasteiger partial charge in [0.1, 0.15) is 0 Å². The van der Waals surface area contributed by atoms with Crippen molar-refractivity contribution in [3.8, 4) is 0 Å². The van der Waals surface area contributed by atoms with Crippen LogP contribution in [0, 0.1) is 5.92 Å². The number of sulfone groups is 1. The van der Waals surface area contributed by atoms with Crippen molar-refractivity contribution in [1.29, 1.82) is 0 Å². The van der Waals surface area contributed by atoms with Crippen molar-refractivity contribution in [2.75, 3.05) is 24.6 Å². The van der Waals surface area contributed by atoms with Crippen LogP contribution in [0.1, 0.15) is 24.8 Å². The standard InChI is InChI=1S/C17H22N2O4S2/c20-16(8-12-4-7-24-9-12)18-5-6-19(17(21)13-2-1-3-13)15-11-25(22,23)10-14(15)18/h4,7,9,13-15H,1-3,5-6,8,10-11H2. The van der Waals surface area contributed by atoms with Gasteiger partial charge in [-0.15, -0.1) is 0 Å². The summed E-state index contributed by atoms with van der Waals surface area (Å²) in [7, 11) is -3.22. The lowest BCUT2D eigenvalue weighted by molar-refractivity contribution is -0.149. The van der Waals surface area contributed by atoms with E-state index in [0.717, 1.165) is 24.8 Å². The molecule has 3 fully saturated rings. The van der Waals surface area contributed by atoms with E-state index in [1.807, 2.05) is 16.8 Å². The summed E-state index contributed by atoms with van der Waals surface area (Å²) in [4.78, 5) is 28.9. The maximum absolute atomic E-state index is 12.7. The highest BCUT2D eigenvalue weighted by atomic mass is 32.2. The van der Waals surface area contributed by atoms with E-state index in [9.17, 15) is 18.0 Å². The Morgan fingerprint density at radius 3 is 2.40 bits per heavy atom. The van der Waals surface area contributed by atoms with Gasteiger partial charge in [0, 0.05) is 19.0 Å². The largest absolute Gasteiger partial charge is 0.335 e. The van der Waals surface area contributed by atoms with Gasteiger partial charge in [-0.05, 0) is 35.2 Å². The van der Waals surface area contributed by atoms with Gasteiger partial charge in [0.2, 0.25) is 11.8 Å². The minimum absolute atomic E-state index is 0.0155. The van der Waals surface area contributed by atoms with Crippen molar-refractivity contribution in [2.24, 2.45) is 5.92 Å². The van der Waals surface area contributed by atoms with Gasteiger partial charge < -0.3 is 9.80 Å². The molecule has 2 amide bonds. The van der Waals surface area contributed by atoms with E-state index in [-0.39, 0.29) is 35.3 Å². The predicted molar refractivity (Wildman–Crippen MR) is 95.0 cm³/mol. The normalized spacial score (nSPS) is 28.5. The first-order chi connectivity index (χ1) is 11.9. The molecular formula is C17H22N2O4S2. The molecule has 2 saturated heterocycles. The fourth-order valence-electron chi connectivity index (χ4n) is 4.10. The quantitative estimate of drug-likeness (QED) is 0.779. The molecule has 3 heterocycles. The summed E-state index contributed by atoms with van der Waals surface area (Å²) in [5.74, 6) is 0.0568. The highest BCUT2D eigenvalue weighted by molar-refractivity contribution is 7.91. The summed E-state index contributed by atoms with van der Waals surface area (Å²) in [5.41, 5.74) is 0.959. The molecule has 1 aromatic heterocycles. The van der Waals surface area contributed by atoms with E-state index in [0.29, 0.717) is 19.5 Å². The number of fused-ring (bicyclic) bond motifs is 1. The number of rotatable bonds is 3. The Kier molecular flexibility index (Phi) is 4.35. The molecule has 0 bridgehead atoms. The number of piperazine rings is 1. The van der Waals surface area contributed by atoms with Crippen LogP contribution >= 0.6 is 11.3 Å². The Hall–Kier alpha value is -1.41. The lowest BCUT2D eigenvalue weighted by atomic mass is 9.83. The third-order valence-corrected chi connectivity index (χ3v) is 8.10. The van der Waals surface area contributed by atoms with E-state index in [4.69, 9.17) is 0 Å². The first-order valence-electron chi connectivity index (χ1n) is 8.76. The minimum atomic E-state index is -3.22. The van der Waals surface area contributed by atoms with Gasteiger partial charge >= 0.3 is 0 Å². The molecule has 2 aliphatic heterocycles. The molecule has 8 heteroatoms. The third kappa shape index (κ3) is 3.21. The van der Waals surface area contributed by atoms with Crippen LogP contribution in [0.4, 0.5) is 0 Å². The Balaban J connectivity index is 1.54. The van der Waals surface area contributed by atoms with Gasteiger partial charge in [-0.3, -0.25) is 9.59 Å². The lowest BCUT2D eigenvalue weighted by Crippen LogP contribution is -2.63. The Morgan fingerprint density at radius 2 is 1.80 bits per heavy atom. The number of hydrogen-bond donors (Lipinski definition) is 0. The van der Waals surface area contributed by atoms with Crippen LogP contribution in [0.25, 0.3) is 0 Å². The first-order valence-corrected chi connectivity index (χ1v) is 11.5. The number of carbonyl (C=O) groups excluding carboxylic acids is 2. The fraction of sp³-hybridized carbons (Fsp3) is 0.647. The van der Waals surface area contributed by atoms with Crippen LogP contribution in [0.5, 0.6) is 0 Å². The van der Waals surface area contributed by atoms with Gasteiger partial charge in [0.05, 0.1) is 30.0 Å². The summed E-state index contributed by atoms with van der Waals surface area (Å²) >= 11 is 1.54. The number of nitrogens with zero attached hydrogens (tertiary/aromatic N) is 2. The molecule has 2 unspecified atom stereocenters. The van der Waals surface area contributed by atoms with Crippen molar-refractivity contribution >= 4 is 33.0 Å². The lowest BCUT2D eigenvalue weighted by Gasteiger charge is -2.45. The predicted octanol–water partition coefficient (Wildman–Crippen LogP) is 0.927. The van der Waals surface area contributed by atoms with Crippen LogP contribution < -0.4 is 0 Å². The highest BCUT2D eigenvalue weighted by Crippen LogP contribution is 2.33. The molecule has 3 aliphatic rings. The Morgan fingerprint density at radius 1 is 1.12 bits per heavy atom. The van der Waals surface area contributed by atoms with Crippen molar-refractivity contribution in [3.05, 3.63) is 22.4 Å². The second kappa shape index (κ2) is 6.39. The first kappa shape index (κ1) is 17.0. The smallest absolute Gasteiger partial charge is 0.227 e. The zero-order chi connectivity index (χ0) is 17.6. The molecular weight excluding hydrogens is 360 g/mol. The van der Waals surface area contributed by atoms with Crippen molar-refractivity contribution < 1.29 is 18.0 Å². The number of carbonyl (C=O) groups is 2. The van der Waals surface area contributed by atoms with Crippen LogP contribution in [-0.4, -0.2) is 66.7 Å². The van der Waals surface area contributed by atoms with Crippen molar-refractivity contribution in [2.45, 2.75) is 37.8 Å². The molecule has 2 atom stereocenters. The highest BCUT2D eigenvalue weighted by Gasteiger charge is 2.50. The molecule has 1 saturated carbocycles. The second-order valence-electron chi connectivity index (χ2n) is 7.27. The monoisotopic (exact) mass is 382 g/mol. The Bertz CT molecular complexity index is 771. The second-order valence-corrected chi connectivity index (χ2v) is 10.2. The molecule has 25 heavy (non-hydrogen) atoms. The fourth-order valence-corrected chi connectivity index (χ4v) is 6.74. The van der Waals surface area contributed by atoms with E-state index in [2.05, 4.69) is 0 Å². The molecule has 4 rings (SSSR count). The van der Waals surface area contributed by atoms with Crippen LogP contribution in [0.3, 0.4) is 0 Å². The summed E-state index contributed by atoms with van der Waals surface area (Å²) in [5, 5.41) is 3.87. The van der Waals surface area contributed by atoms with E-state index < -0.39 is 15.9 Å². The SMILES string of the molecule is O=C(Cc1ccsc1)N1CCN(C(=O)C2CCC2)C2CS(=O)(=O)CC21. The van der Waals surface area contributed by atoms with Gasteiger partial charge in [-0.1, -0.05) is 6.42 Å². The minimum Gasteiger partial charge on any atom is -0.335 e. The van der Waals surface area contributed by atoms with Crippen LogP contribution in [-0.2, 0) is 25.8 Å². The summed E-state index contributed by atoms with van der Waals surface area (Å²) in [6.07, 6.45) is 3.17. The third-order valence-electron chi connectivity index (χ3n) is 5.67. The molecule has 0 N–H and O–H groups in total. The zero-order valence-electron chi connectivity index (χ0n) is 14.0. The topological polar surface area (TPSA) is 74.8 Å². The van der Waals surface area contributed by atoms with Crippen molar-refractivity contribution in [3.63, 3.8) is 0 Å². The molecule has 1 aliphatic carbocycles. The number of thiophene rings is 1. The molecule has 0 aromatic carbocycles. The molecule has 136 valence electrons. The van der Waals surface area contributed by atoms with E-state index >= 15 is 0 Å². The maximum Gasteiger partial charge on any atom is 0.227 e. The number of amides is 2. The maximum atomic E-state index is 12.7. The number of hydrogen-bond acceptors (Lipinski definition) is 5. The summed E-state index contributed by atoms with van der Waals surface area (Å²) in [6, 6.07) is 1.15. The van der Waals surface area contributed by atoms with Crippen LogP contribution in [0.15, 0.2) is 16.8 Å². The average molecular weight is 383 g/mol. The Labute approximate surface area is 151 Å². The van der Waals surface area contributed by atoms with E-state index in [1.54, 1.807) is 21.1 Å². The molecule has 6 nitrogen and oxygen atoms in total. The molecule has 0 radical (unpaired) electrons. The van der Waals surface area contributed by atoms with Gasteiger partial charge in [-0.2, -0.15) is 11.3 Å². The molecule has 0 spiro atoms. The summed E-state index contributed by atoms with van der Waals surface area (Å²) < 4.78 is 24.5. The van der Waals surface area contributed by atoms with Gasteiger partial charge in [0.15, 0.2) is 9.84 Å². The summed E-state index contributed by atoms with van der Waals surface area (Å²) in [6.45, 7) is 0.875. The average Bonchev–Trinajstić information content (AvgIpc) is 3.09. The van der Waals surface area contributed by atoms with E-state index in [1.165, 1.54) is 0 Å². The zero-order valence-corrected chi connectivity index (χ0v) is 15.6. The van der Waals surface area contributed by atoms with Crippen LogP contribution in [0.2, 0.25) is 0 Å². The van der Waals surface area contributed by atoms with Gasteiger partial charge in [-0.25, -0.2) is 8.42 Å². The van der Waals surface area contributed by atoms with Crippen molar-refractivity contribution in [1.82, 2.24) is 9.80 Å². The molecule has 1 aromatic rings. The van der Waals surface area contributed by atoms with Gasteiger partial charge in [0.25, 0.3) is 0 Å².